The van der Waals surface area contributed by atoms with Gasteiger partial charge in [-0.05, 0) is 37.5 Å². The van der Waals surface area contributed by atoms with Gasteiger partial charge in [0.1, 0.15) is 18.2 Å². The molecule has 3 rings (SSSR count). The van der Waals surface area contributed by atoms with Crippen molar-refractivity contribution in [3.8, 4) is 0 Å². The lowest BCUT2D eigenvalue weighted by Gasteiger charge is -2.25. The van der Waals surface area contributed by atoms with Crippen LogP contribution in [0.3, 0.4) is 0 Å². The first kappa shape index (κ1) is 22.7. The maximum atomic E-state index is 13.1. The minimum absolute atomic E-state index is 0.131. The molecule has 2 heterocycles. The van der Waals surface area contributed by atoms with Gasteiger partial charge < -0.3 is 21.1 Å². The number of amides is 1. The molecule has 0 aliphatic carbocycles. The molecular weight excluding hydrogens is 401 g/mol. The molecule has 10 heteroatoms. The molecular formula is C21H30FN7O2. The smallest absolute Gasteiger partial charge is 0.222 e. The van der Waals surface area contributed by atoms with Gasteiger partial charge in [0.25, 0.3) is 0 Å². The number of nitrogens with zero attached hydrogens (tertiary/aromatic N) is 4. The summed E-state index contributed by atoms with van der Waals surface area (Å²) < 4.78 is 20.1. The number of carbonyl (C=O) groups excluding carboxylic acids is 1. The summed E-state index contributed by atoms with van der Waals surface area (Å²) in [6.45, 7) is 3.97. The number of aliphatic imine (C=N–C) groups is 1. The van der Waals surface area contributed by atoms with Gasteiger partial charge in [0.2, 0.25) is 5.91 Å². The lowest BCUT2D eigenvalue weighted by molar-refractivity contribution is -0.121. The third-order valence-electron chi connectivity index (χ3n) is 5.13. The molecule has 2 unspecified atom stereocenters. The van der Waals surface area contributed by atoms with E-state index in [-0.39, 0.29) is 18.4 Å². The highest BCUT2D eigenvalue weighted by Gasteiger charge is 2.23. The summed E-state index contributed by atoms with van der Waals surface area (Å²) in [4.78, 5) is 21.0. The zero-order chi connectivity index (χ0) is 22.2. The quantitative estimate of drug-likeness (QED) is 0.399. The zero-order valence-electron chi connectivity index (χ0n) is 18.0. The lowest BCUT2D eigenvalue weighted by atomic mass is 9.99. The topological polar surface area (TPSA) is 119 Å². The van der Waals surface area contributed by atoms with Gasteiger partial charge in [0.05, 0.1) is 19.0 Å². The highest BCUT2D eigenvalue weighted by molar-refractivity contribution is 5.81. The molecule has 0 saturated heterocycles. The summed E-state index contributed by atoms with van der Waals surface area (Å²) >= 11 is 0. The van der Waals surface area contributed by atoms with Crippen molar-refractivity contribution in [1.29, 1.82) is 0 Å². The summed E-state index contributed by atoms with van der Waals surface area (Å²) in [6.07, 6.45) is 2.11. The molecule has 31 heavy (non-hydrogen) atoms. The Morgan fingerprint density at radius 1 is 1.42 bits per heavy atom. The molecule has 1 aliphatic heterocycles. The van der Waals surface area contributed by atoms with E-state index in [9.17, 15) is 9.18 Å². The number of rotatable bonds is 9. The molecule has 1 aromatic heterocycles. The van der Waals surface area contributed by atoms with E-state index < -0.39 is 11.8 Å². The number of aromatic nitrogens is 3. The number of hydrogen-bond donors (Lipinski definition) is 3. The van der Waals surface area contributed by atoms with E-state index in [1.165, 1.54) is 12.1 Å². The molecule has 1 amide bonds. The fourth-order valence-electron chi connectivity index (χ4n) is 3.54. The number of nitrogens with two attached hydrogens (primary N) is 1. The fraction of sp³-hybridized carbons (Fsp3) is 0.524. The van der Waals surface area contributed by atoms with Crippen molar-refractivity contribution in [2.45, 2.75) is 45.4 Å². The van der Waals surface area contributed by atoms with Gasteiger partial charge >= 0.3 is 0 Å². The van der Waals surface area contributed by atoms with Crippen LogP contribution in [0.2, 0.25) is 0 Å². The summed E-state index contributed by atoms with van der Waals surface area (Å²) in [5.74, 6) is 1.04. The Labute approximate surface area is 181 Å². The third-order valence-corrected chi connectivity index (χ3v) is 5.13. The van der Waals surface area contributed by atoms with Crippen LogP contribution in [0.25, 0.3) is 0 Å². The number of guanidine groups is 1. The van der Waals surface area contributed by atoms with E-state index in [2.05, 4.69) is 25.7 Å². The van der Waals surface area contributed by atoms with Crippen LogP contribution in [0, 0.1) is 11.7 Å². The summed E-state index contributed by atoms with van der Waals surface area (Å²) in [5.41, 5.74) is 6.43. The Kier molecular flexibility index (Phi) is 7.94. The van der Waals surface area contributed by atoms with Crippen molar-refractivity contribution in [2.75, 3.05) is 20.2 Å². The molecule has 168 valence electrons. The first-order chi connectivity index (χ1) is 15.0. The number of benzene rings is 1. The second-order valence-corrected chi connectivity index (χ2v) is 7.59. The molecule has 0 bridgehead atoms. The van der Waals surface area contributed by atoms with E-state index in [0.29, 0.717) is 37.9 Å². The van der Waals surface area contributed by atoms with E-state index in [1.54, 1.807) is 19.2 Å². The number of nitrogens with one attached hydrogen (secondary N) is 2. The van der Waals surface area contributed by atoms with Gasteiger partial charge in [0.15, 0.2) is 11.8 Å². The van der Waals surface area contributed by atoms with Crippen LogP contribution in [0.4, 0.5) is 4.39 Å². The molecule has 0 saturated carbocycles. The number of methoxy groups -OCH3 is 1. The van der Waals surface area contributed by atoms with E-state index >= 15 is 0 Å². The highest BCUT2D eigenvalue weighted by atomic mass is 19.1. The van der Waals surface area contributed by atoms with Gasteiger partial charge in [-0.25, -0.2) is 14.1 Å². The summed E-state index contributed by atoms with van der Waals surface area (Å²) in [6, 6.07) is 6.21. The summed E-state index contributed by atoms with van der Waals surface area (Å²) in [5, 5.41) is 11.1. The van der Waals surface area contributed by atoms with Gasteiger partial charge in [-0.3, -0.25) is 9.79 Å². The van der Waals surface area contributed by atoms with Crippen LogP contribution in [0.15, 0.2) is 29.3 Å². The van der Waals surface area contributed by atoms with Crippen LogP contribution in [-0.4, -0.2) is 52.9 Å². The Morgan fingerprint density at radius 3 is 2.87 bits per heavy atom. The van der Waals surface area contributed by atoms with Crippen molar-refractivity contribution in [3.63, 3.8) is 0 Å². The Bertz CT molecular complexity index is 898. The molecule has 1 aliphatic rings. The molecule has 0 radical (unpaired) electrons. The SMILES string of the molecule is CCNC(=NCC(Cc1ccc(F)cc1)C(N)=O)NC1CCc2nc(COC)nn2C1. The van der Waals surface area contributed by atoms with Crippen molar-refractivity contribution >= 4 is 11.9 Å². The average Bonchev–Trinajstić information content (AvgIpc) is 3.14. The fourth-order valence-corrected chi connectivity index (χ4v) is 3.54. The van der Waals surface area contributed by atoms with E-state index in [0.717, 1.165) is 24.2 Å². The Balaban J connectivity index is 1.63. The summed E-state index contributed by atoms with van der Waals surface area (Å²) in [7, 11) is 1.62. The predicted molar refractivity (Wildman–Crippen MR) is 115 cm³/mol. The first-order valence-electron chi connectivity index (χ1n) is 10.5. The molecule has 0 fully saturated rings. The van der Waals surface area contributed by atoms with Crippen molar-refractivity contribution < 1.29 is 13.9 Å². The third kappa shape index (κ3) is 6.48. The van der Waals surface area contributed by atoms with E-state index in [1.807, 2.05) is 11.6 Å². The average molecular weight is 432 g/mol. The normalized spacial score (nSPS) is 17.1. The van der Waals surface area contributed by atoms with Gasteiger partial charge in [0, 0.05) is 26.1 Å². The number of fused-ring (bicyclic) bond motifs is 1. The van der Waals surface area contributed by atoms with Crippen LogP contribution < -0.4 is 16.4 Å². The lowest BCUT2D eigenvalue weighted by Crippen LogP contribution is -2.47. The predicted octanol–water partition coefficient (Wildman–Crippen LogP) is 0.778. The number of ether oxygens (including phenoxy) is 1. The number of hydrogen-bond acceptors (Lipinski definition) is 5. The minimum Gasteiger partial charge on any atom is -0.377 e. The van der Waals surface area contributed by atoms with Gasteiger partial charge in [-0.2, -0.15) is 5.10 Å². The Hall–Kier alpha value is -3.01. The zero-order valence-corrected chi connectivity index (χ0v) is 18.0. The maximum Gasteiger partial charge on any atom is 0.222 e. The van der Waals surface area contributed by atoms with E-state index in [4.69, 9.17) is 10.5 Å². The van der Waals surface area contributed by atoms with Crippen molar-refractivity contribution in [1.82, 2.24) is 25.4 Å². The molecule has 0 spiro atoms. The second-order valence-electron chi connectivity index (χ2n) is 7.59. The van der Waals surface area contributed by atoms with Gasteiger partial charge in [-0.1, -0.05) is 12.1 Å². The standard InChI is InChI=1S/C21H30FN7O2/c1-3-24-21(25-11-15(20(23)30)10-14-4-6-16(22)7-5-14)26-17-8-9-19-27-18(13-31-2)28-29(19)12-17/h4-7,15,17H,3,8-13H2,1-2H3,(H2,23,30)(H2,24,25,26). The minimum atomic E-state index is -0.481. The molecule has 1 aromatic carbocycles. The largest absolute Gasteiger partial charge is 0.377 e. The van der Waals surface area contributed by atoms with Crippen molar-refractivity contribution in [3.05, 3.63) is 47.3 Å². The number of halogens is 1. The van der Waals surface area contributed by atoms with Crippen LogP contribution >= 0.6 is 0 Å². The van der Waals surface area contributed by atoms with Gasteiger partial charge in [-0.15, -0.1) is 0 Å². The van der Waals surface area contributed by atoms with Crippen LogP contribution in [0.5, 0.6) is 0 Å². The molecule has 2 aromatic rings. The highest BCUT2D eigenvalue weighted by Crippen LogP contribution is 2.14. The molecule has 9 nitrogen and oxygen atoms in total. The maximum absolute atomic E-state index is 13.1. The molecule has 4 N–H and O–H groups in total. The Morgan fingerprint density at radius 2 is 2.19 bits per heavy atom. The first-order valence-corrected chi connectivity index (χ1v) is 10.5. The number of aryl methyl sites for hydroxylation is 1. The van der Waals surface area contributed by atoms with Crippen molar-refractivity contribution in [2.24, 2.45) is 16.6 Å². The number of carbonyl (C=O) groups is 1. The van der Waals surface area contributed by atoms with Crippen LogP contribution in [-0.2, 0) is 35.5 Å². The number of primary amides is 1. The monoisotopic (exact) mass is 431 g/mol. The second kappa shape index (κ2) is 10.9. The van der Waals surface area contributed by atoms with Crippen LogP contribution in [0.1, 0.15) is 30.6 Å². The molecule has 2 atom stereocenters.